The fourth-order valence-electron chi connectivity index (χ4n) is 2.10. The minimum Gasteiger partial charge on any atom is -0.476 e. The molecular formula is C15H25N3O. The standard InChI is InChI=1S/C15H25N3O/c1-3-9-18(10-4-2)14-8-7-13(16)15(17-14)19-11-12-5-6-12/h7-8,12H,3-6,9-11,16H2,1-2H3. The number of nitrogens with zero attached hydrogens (tertiary/aromatic N) is 2. The average Bonchev–Trinajstić information content (AvgIpc) is 3.22. The number of hydrogen-bond donors (Lipinski definition) is 1. The fourth-order valence-corrected chi connectivity index (χ4v) is 2.10. The zero-order valence-electron chi connectivity index (χ0n) is 12.1. The second-order valence-electron chi connectivity index (χ2n) is 5.31. The van der Waals surface area contributed by atoms with Crippen molar-refractivity contribution in [2.24, 2.45) is 5.92 Å². The molecule has 1 aromatic rings. The molecule has 1 fully saturated rings. The van der Waals surface area contributed by atoms with Crippen LogP contribution in [0.1, 0.15) is 39.5 Å². The van der Waals surface area contributed by atoms with Crippen LogP contribution < -0.4 is 15.4 Å². The van der Waals surface area contributed by atoms with Crippen molar-refractivity contribution in [1.29, 1.82) is 0 Å². The molecule has 0 saturated heterocycles. The van der Waals surface area contributed by atoms with Crippen molar-refractivity contribution in [3.63, 3.8) is 0 Å². The van der Waals surface area contributed by atoms with E-state index in [0.717, 1.165) is 38.4 Å². The predicted octanol–water partition coefficient (Wildman–Crippen LogP) is 3.08. The van der Waals surface area contributed by atoms with Crippen molar-refractivity contribution in [3.8, 4) is 5.88 Å². The maximum Gasteiger partial charge on any atom is 0.239 e. The fraction of sp³-hybridized carbons (Fsp3) is 0.667. The zero-order chi connectivity index (χ0) is 13.7. The normalized spacial score (nSPS) is 14.4. The molecule has 4 heteroatoms. The van der Waals surface area contributed by atoms with E-state index >= 15 is 0 Å². The molecule has 0 unspecified atom stereocenters. The molecule has 0 aliphatic heterocycles. The number of ether oxygens (including phenoxy) is 1. The molecule has 1 aromatic heterocycles. The number of nitrogens with two attached hydrogens (primary N) is 1. The van der Waals surface area contributed by atoms with E-state index in [1.165, 1.54) is 12.8 Å². The molecule has 0 radical (unpaired) electrons. The summed E-state index contributed by atoms with van der Waals surface area (Å²) in [7, 11) is 0. The highest BCUT2D eigenvalue weighted by Crippen LogP contribution is 2.31. The maximum atomic E-state index is 5.94. The Hall–Kier alpha value is -1.45. The number of anilines is 2. The predicted molar refractivity (Wildman–Crippen MR) is 79.7 cm³/mol. The number of aromatic nitrogens is 1. The summed E-state index contributed by atoms with van der Waals surface area (Å²) in [4.78, 5) is 6.88. The van der Waals surface area contributed by atoms with Crippen LogP contribution in [0.2, 0.25) is 0 Å². The van der Waals surface area contributed by atoms with E-state index in [2.05, 4.69) is 23.7 Å². The first kappa shape index (κ1) is 14.0. The summed E-state index contributed by atoms with van der Waals surface area (Å²) < 4.78 is 5.75. The Morgan fingerprint density at radius 3 is 2.53 bits per heavy atom. The molecule has 4 nitrogen and oxygen atoms in total. The number of pyridine rings is 1. The molecular weight excluding hydrogens is 238 g/mol. The Morgan fingerprint density at radius 1 is 1.26 bits per heavy atom. The van der Waals surface area contributed by atoms with Gasteiger partial charge in [0.1, 0.15) is 5.82 Å². The lowest BCUT2D eigenvalue weighted by atomic mass is 10.3. The van der Waals surface area contributed by atoms with Crippen molar-refractivity contribution >= 4 is 11.5 Å². The lowest BCUT2D eigenvalue weighted by molar-refractivity contribution is 0.290. The molecule has 2 rings (SSSR count). The Kier molecular flexibility index (Phi) is 4.88. The molecule has 0 atom stereocenters. The van der Waals surface area contributed by atoms with Crippen LogP contribution in [0.5, 0.6) is 5.88 Å². The first-order valence-electron chi connectivity index (χ1n) is 7.38. The average molecular weight is 263 g/mol. The Balaban J connectivity index is 2.07. The van der Waals surface area contributed by atoms with Gasteiger partial charge in [0, 0.05) is 13.1 Å². The van der Waals surface area contributed by atoms with Crippen LogP contribution in [0, 0.1) is 5.92 Å². The monoisotopic (exact) mass is 263 g/mol. The van der Waals surface area contributed by atoms with Gasteiger partial charge in [0.2, 0.25) is 5.88 Å². The van der Waals surface area contributed by atoms with Gasteiger partial charge in [-0.25, -0.2) is 0 Å². The maximum absolute atomic E-state index is 5.94. The smallest absolute Gasteiger partial charge is 0.239 e. The van der Waals surface area contributed by atoms with Crippen LogP contribution in [-0.2, 0) is 0 Å². The SMILES string of the molecule is CCCN(CCC)c1ccc(N)c(OCC2CC2)n1. The van der Waals surface area contributed by atoms with Gasteiger partial charge < -0.3 is 15.4 Å². The van der Waals surface area contributed by atoms with Gasteiger partial charge >= 0.3 is 0 Å². The third-order valence-electron chi connectivity index (χ3n) is 3.34. The second-order valence-corrected chi connectivity index (χ2v) is 5.31. The Labute approximate surface area is 116 Å². The van der Waals surface area contributed by atoms with Crippen LogP contribution in [0.15, 0.2) is 12.1 Å². The molecule has 0 amide bonds. The largest absolute Gasteiger partial charge is 0.476 e. The molecule has 2 N–H and O–H groups in total. The number of hydrogen-bond acceptors (Lipinski definition) is 4. The van der Waals surface area contributed by atoms with Crippen LogP contribution in [0.3, 0.4) is 0 Å². The lowest BCUT2D eigenvalue weighted by Crippen LogP contribution is -2.26. The Bertz CT molecular complexity index is 398. The van der Waals surface area contributed by atoms with Crippen LogP contribution in [0.4, 0.5) is 11.5 Å². The summed E-state index contributed by atoms with van der Waals surface area (Å²) in [5, 5.41) is 0. The topological polar surface area (TPSA) is 51.4 Å². The van der Waals surface area contributed by atoms with Crippen molar-refractivity contribution in [3.05, 3.63) is 12.1 Å². The van der Waals surface area contributed by atoms with Gasteiger partial charge in [-0.2, -0.15) is 4.98 Å². The van der Waals surface area contributed by atoms with Gasteiger partial charge in [0.25, 0.3) is 0 Å². The van der Waals surface area contributed by atoms with E-state index in [1.54, 1.807) is 0 Å². The van der Waals surface area contributed by atoms with Crippen LogP contribution in [-0.4, -0.2) is 24.7 Å². The van der Waals surface area contributed by atoms with E-state index in [1.807, 2.05) is 12.1 Å². The van der Waals surface area contributed by atoms with Gasteiger partial charge in [-0.1, -0.05) is 13.8 Å². The van der Waals surface area contributed by atoms with E-state index in [-0.39, 0.29) is 0 Å². The highest BCUT2D eigenvalue weighted by Gasteiger charge is 2.22. The molecule has 1 heterocycles. The molecule has 0 spiro atoms. The van der Waals surface area contributed by atoms with Crippen molar-refractivity contribution in [1.82, 2.24) is 4.98 Å². The summed E-state index contributed by atoms with van der Waals surface area (Å²) >= 11 is 0. The van der Waals surface area contributed by atoms with Crippen molar-refractivity contribution in [2.45, 2.75) is 39.5 Å². The molecule has 0 aromatic carbocycles. The zero-order valence-corrected chi connectivity index (χ0v) is 12.1. The van der Waals surface area contributed by atoms with Gasteiger partial charge in [-0.05, 0) is 43.7 Å². The first-order valence-corrected chi connectivity index (χ1v) is 7.38. The lowest BCUT2D eigenvalue weighted by Gasteiger charge is -2.23. The first-order chi connectivity index (χ1) is 9.24. The second kappa shape index (κ2) is 6.64. The van der Waals surface area contributed by atoms with Crippen molar-refractivity contribution in [2.75, 3.05) is 30.3 Å². The van der Waals surface area contributed by atoms with E-state index in [4.69, 9.17) is 10.5 Å². The highest BCUT2D eigenvalue weighted by atomic mass is 16.5. The van der Waals surface area contributed by atoms with Gasteiger partial charge in [-0.15, -0.1) is 0 Å². The van der Waals surface area contributed by atoms with Crippen molar-refractivity contribution < 1.29 is 4.74 Å². The number of rotatable bonds is 8. The quantitative estimate of drug-likeness (QED) is 0.783. The molecule has 0 bridgehead atoms. The third kappa shape index (κ3) is 4.01. The molecule has 19 heavy (non-hydrogen) atoms. The molecule has 1 aliphatic carbocycles. The molecule has 1 saturated carbocycles. The minimum absolute atomic E-state index is 0.599. The molecule has 106 valence electrons. The van der Waals surface area contributed by atoms with E-state index in [9.17, 15) is 0 Å². The van der Waals surface area contributed by atoms with Gasteiger partial charge in [0.05, 0.1) is 12.3 Å². The third-order valence-corrected chi connectivity index (χ3v) is 3.34. The summed E-state index contributed by atoms with van der Waals surface area (Å²) in [6, 6.07) is 3.90. The minimum atomic E-state index is 0.599. The Morgan fingerprint density at radius 2 is 1.95 bits per heavy atom. The van der Waals surface area contributed by atoms with Crippen LogP contribution >= 0.6 is 0 Å². The molecule has 1 aliphatic rings. The summed E-state index contributed by atoms with van der Waals surface area (Å²) in [6.07, 6.45) is 4.78. The van der Waals surface area contributed by atoms with Gasteiger partial charge in [0.15, 0.2) is 0 Å². The van der Waals surface area contributed by atoms with E-state index in [0.29, 0.717) is 17.5 Å². The van der Waals surface area contributed by atoms with E-state index < -0.39 is 0 Å². The number of nitrogen functional groups attached to an aromatic ring is 1. The summed E-state index contributed by atoms with van der Waals surface area (Å²) in [6.45, 7) is 7.16. The summed E-state index contributed by atoms with van der Waals surface area (Å²) in [5.74, 6) is 2.29. The summed E-state index contributed by atoms with van der Waals surface area (Å²) in [5.41, 5.74) is 6.57. The van der Waals surface area contributed by atoms with Crippen LogP contribution in [0.25, 0.3) is 0 Å². The highest BCUT2D eigenvalue weighted by molar-refractivity contribution is 5.54. The van der Waals surface area contributed by atoms with Gasteiger partial charge in [-0.3, -0.25) is 0 Å².